The number of ether oxygens (including phenoxy) is 1. The summed E-state index contributed by atoms with van der Waals surface area (Å²) in [6, 6.07) is 4.79. The van der Waals surface area contributed by atoms with Gasteiger partial charge < -0.3 is 15.8 Å². The lowest BCUT2D eigenvalue weighted by Gasteiger charge is -2.07. The average Bonchev–Trinajstić information content (AvgIpc) is 2.31. The molecule has 6 heteroatoms. The minimum Gasteiger partial charge on any atom is -0.494 e. The summed E-state index contributed by atoms with van der Waals surface area (Å²) in [5, 5.41) is 2.93. The van der Waals surface area contributed by atoms with Gasteiger partial charge in [-0.3, -0.25) is 4.99 Å². The van der Waals surface area contributed by atoms with Crippen LogP contribution in [0.25, 0.3) is 0 Å². The third kappa shape index (κ3) is 5.20. The van der Waals surface area contributed by atoms with Gasteiger partial charge in [0.15, 0.2) is 17.5 Å². The molecule has 0 atom stereocenters. The molecule has 0 amide bonds. The normalized spacial score (nSPS) is 10.6. The van der Waals surface area contributed by atoms with E-state index in [0.29, 0.717) is 12.5 Å². The minimum absolute atomic E-state index is 0. The highest BCUT2D eigenvalue weighted by molar-refractivity contribution is 14.0. The summed E-state index contributed by atoms with van der Waals surface area (Å²) in [5.74, 6) is 0.303. The quantitative estimate of drug-likeness (QED) is 0.490. The Morgan fingerprint density at radius 2 is 2.24 bits per heavy atom. The second kappa shape index (κ2) is 8.10. The highest BCUT2D eigenvalue weighted by Gasteiger charge is 2.03. The zero-order valence-corrected chi connectivity index (χ0v) is 12.2. The fraction of sp³-hybridized carbons (Fsp3) is 0.364. The highest BCUT2D eigenvalue weighted by atomic mass is 127. The highest BCUT2D eigenvalue weighted by Crippen LogP contribution is 2.18. The third-order valence-electron chi connectivity index (χ3n) is 2.18. The fourth-order valence-electron chi connectivity index (χ4n) is 1.27. The number of guanidine groups is 1. The van der Waals surface area contributed by atoms with Crippen LogP contribution in [0.1, 0.15) is 5.56 Å². The van der Waals surface area contributed by atoms with Crippen LogP contribution < -0.4 is 15.8 Å². The van der Waals surface area contributed by atoms with E-state index < -0.39 is 0 Å². The molecule has 1 aromatic carbocycles. The van der Waals surface area contributed by atoms with E-state index in [0.717, 1.165) is 12.0 Å². The number of nitrogens with zero attached hydrogens (tertiary/aromatic N) is 1. The van der Waals surface area contributed by atoms with Crippen molar-refractivity contribution in [3.05, 3.63) is 29.6 Å². The van der Waals surface area contributed by atoms with Crippen LogP contribution in [0.15, 0.2) is 23.2 Å². The number of hydrogen-bond acceptors (Lipinski definition) is 2. The molecule has 0 fully saturated rings. The molecule has 0 unspecified atom stereocenters. The minimum atomic E-state index is -0.353. The first kappa shape index (κ1) is 16.0. The molecular formula is C11H17FIN3O. The summed E-state index contributed by atoms with van der Waals surface area (Å²) < 4.78 is 18.0. The smallest absolute Gasteiger partial charge is 0.188 e. The Hall–Kier alpha value is -1.05. The predicted molar refractivity (Wildman–Crippen MR) is 77.6 cm³/mol. The van der Waals surface area contributed by atoms with Gasteiger partial charge in [0.2, 0.25) is 0 Å². The third-order valence-corrected chi connectivity index (χ3v) is 2.18. The van der Waals surface area contributed by atoms with Crippen molar-refractivity contribution in [2.75, 3.05) is 20.7 Å². The molecule has 0 bridgehead atoms. The molecule has 0 spiro atoms. The number of aliphatic imine (C=N–C) groups is 1. The fourth-order valence-corrected chi connectivity index (χ4v) is 1.27. The van der Waals surface area contributed by atoms with E-state index in [2.05, 4.69) is 10.3 Å². The van der Waals surface area contributed by atoms with Crippen LogP contribution in [0.2, 0.25) is 0 Å². The number of rotatable bonds is 4. The Morgan fingerprint density at radius 1 is 1.53 bits per heavy atom. The molecular weight excluding hydrogens is 336 g/mol. The number of benzene rings is 1. The van der Waals surface area contributed by atoms with Gasteiger partial charge >= 0.3 is 0 Å². The summed E-state index contributed by atoms with van der Waals surface area (Å²) in [7, 11) is 3.06. The zero-order chi connectivity index (χ0) is 12.0. The molecule has 3 N–H and O–H groups in total. The standard InChI is InChI=1S/C11H16FN3O.HI/c1-14-11(13)15-6-5-8-3-4-9(12)10(7-8)16-2;/h3-4,7H,5-6H2,1-2H3,(H3,13,14,15);1H. The van der Waals surface area contributed by atoms with E-state index in [1.165, 1.54) is 13.2 Å². The van der Waals surface area contributed by atoms with Crippen molar-refractivity contribution in [1.82, 2.24) is 5.32 Å². The summed E-state index contributed by atoms with van der Waals surface area (Å²) in [5.41, 5.74) is 6.45. The van der Waals surface area contributed by atoms with E-state index in [-0.39, 0.29) is 35.5 Å². The second-order valence-corrected chi connectivity index (χ2v) is 3.25. The summed E-state index contributed by atoms with van der Waals surface area (Å²) >= 11 is 0. The van der Waals surface area contributed by atoms with Crippen molar-refractivity contribution in [2.45, 2.75) is 6.42 Å². The lowest BCUT2D eigenvalue weighted by Crippen LogP contribution is -2.32. The molecule has 4 nitrogen and oxygen atoms in total. The average molecular weight is 353 g/mol. The van der Waals surface area contributed by atoms with E-state index in [1.807, 2.05) is 0 Å². The van der Waals surface area contributed by atoms with Gasteiger partial charge in [0, 0.05) is 13.6 Å². The SMILES string of the molecule is CN=C(N)NCCc1ccc(F)c(OC)c1.I. The Morgan fingerprint density at radius 3 is 2.82 bits per heavy atom. The van der Waals surface area contributed by atoms with Gasteiger partial charge in [0.25, 0.3) is 0 Å². The van der Waals surface area contributed by atoms with Crippen LogP contribution >= 0.6 is 24.0 Å². The molecule has 1 aromatic rings. The Balaban J connectivity index is 0.00000256. The van der Waals surface area contributed by atoms with Crippen LogP contribution in [0, 0.1) is 5.82 Å². The summed E-state index contributed by atoms with van der Waals surface area (Å²) in [4.78, 5) is 3.77. The van der Waals surface area contributed by atoms with Gasteiger partial charge in [-0.15, -0.1) is 24.0 Å². The van der Waals surface area contributed by atoms with E-state index in [9.17, 15) is 4.39 Å². The maximum Gasteiger partial charge on any atom is 0.188 e. The number of hydrogen-bond donors (Lipinski definition) is 2. The number of methoxy groups -OCH3 is 1. The topological polar surface area (TPSA) is 59.6 Å². The number of nitrogens with two attached hydrogens (primary N) is 1. The predicted octanol–water partition coefficient (Wildman–Crippen LogP) is 1.53. The Bertz CT molecular complexity index is 385. The van der Waals surface area contributed by atoms with Crippen molar-refractivity contribution in [1.29, 1.82) is 0 Å². The molecule has 1 rings (SSSR count). The lowest BCUT2D eigenvalue weighted by molar-refractivity contribution is 0.386. The van der Waals surface area contributed by atoms with Gasteiger partial charge in [-0.2, -0.15) is 0 Å². The summed E-state index contributed by atoms with van der Waals surface area (Å²) in [6.07, 6.45) is 0.729. The molecule has 0 aliphatic rings. The van der Waals surface area contributed by atoms with Crippen molar-refractivity contribution < 1.29 is 9.13 Å². The molecule has 17 heavy (non-hydrogen) atoms. The molecule has 0 radical (unpaired) electrons. The zero-order valence-electron chi connectivity index (χ0n) is 9.87. The molecule has 0 saturated heterocycles. The van der Waals surface area contributed by atoms with Gasteiger partial charge in [0.05, 0.1) is 7.11 Å². The maximum atomic E-state index is 13.1. The van der Waals surface area contributed by atoms with Crippen LogP contribution in [-0.2, 0) is 6.42 Å². The Labute approximate surface area is 117 Å². The van der Waals surface area contributed by atoms with E-state index >= 15 is 0 Å². The van der Waals surface area contributed by atoms with Gasteiger partial charge in [0.1, 0.15) is 0 Å². The van der Waals surface area contributed by atoms with Gasteiger partial charge in [-0.1, -0.05) is 6.07 Å². The van der Waals surface area contributed by atoms with Crippen molar-refractivity contribution >= 4 is 29.9 Å². The van der Waals surface area contributed by atoms with Gasteiger partial charge in [-0.05, 0) is 24.1 Å². The first-order chi connectivity index (χ1) is 7.67. The first-order valence-electron chi connectivity index (χ1n) is 4.96. The van der Waals surface area contributed by atoms with E-state index in [4.69, 9.17) is 10.5 Å². The van der Waals surface area contributed by atoms with Crippen molar-refractivity contribution in [2.24, 2.45) is 10.7 Å². The molecule has 0 heterocycles. The first-order valence-corrected chi connectivity index (χ1v) is 4.96. The molecule has 0 aliphatic heterocycles. The molecule has 0 saturated carbocycles. The lowest BCUT2D eigenvalue weighted by atomic mass is 10.1. The maximum absolute atomic E-state index is 13.1. The van der Waals surface area contributed by atoms with Crippen LogP contribution in [0.3, 0.4) is 0 Å². The van der Waals surface area contributed by atoms with Crippen LogP contribution in [0.4, 0.5) is 4.39 Å². The monoisotopic (exact) mass is 353 g/mol. The molecule has 0 aliphatic carbocycles. The van der Waals surface area contributed by atoms with Crippen molar-refractivity contribution in [3.63, 3.8) is 0 Å². The Kier molecular flexibility index (Phi) is 7.60. The van der Waals surface area contributed by atoms with Crippen LogP contribution in [0.5, 0.6) is 5.75 Å². The second-order valence-electron chi connectivity index (χ2n) is 3.25. The van der Waals surface area contributed by atoms with E-state index in [1.54, 1.807) is 19.2 Å². The molecule has 96 valence electrons. The van der Waals surface area contributed by atoms with Crippen LogP contribution in [-0.4, -0.2) is 26.7 Å². The summed E-state index contributed by atoms with van der Waals surface area (Å²) in [6.45, 7) is 0.651. The largest absolute Gasteiger partial charge is 0.494 e. The van der Waals surface area contributed by atoms with Gasteiger partial charge in [-0.25, -0.2) is 4.39 Å². The number of nitrogens with one attached hydrogen (secondary N) is 1. The van der Waals surface area contributed by atoms with Crippen molar-refractivity contribution in [3.8, 4) is 5.75 Å². The number of halogens is 2. The molecule has 0 aromatic heterocycles.